The Kier molecular flexibility index (Phi) is 6.37. The second kappa shape index (κ2) is 7.28. The summed E-state index contributed by atoms with van der Waals surface area (Å²) in [6.07, 6.45) is -0.281. The summed E-state index contributed by atoms with van der Waals surface area (Å²) in [7, 11) is 8.30. The van der Waals surface area contributed by atoms with Crippen LogP contribution in [0.15, 0.2) is 0 Å². The van der Waals surface area contributed by atoms with Crippen LogP contribution in [0.4, 0.5) is 0 Å². The molecule has 0 aromatic rings. The minimum Gasteiger partial charge on any atom is -0.390 e. The molecule has 17 heavy (non-hydrogen) atoms. The molecule has 1 saturated heterocycles. The van der Waals surface area contributed by atoms with Crippen molar-refractivity contribution in [3.63, 3.8) is 0 Å². The monoisotopic (exact) mass is 244 g/mol. The molecule has 102 valence electrons. The lowest BCUT2D eigenvalue weighted by Crippen LogP contribution is -2.54. The number of aliphatic hydroxyl groups excluding tert-OH is 1. The Labute approximate surface area is 105 Å². The highest BCUT2D eigenvalue weighted by Crippen LogP contribution is 2.04. The van der Waals surface area contributed by atoms with Crippen LogP contribution < -0.4 is 5.32 Å². The topological polar surface area (TPSA) is 42.0 Å². The summed E-state index contributed by atoms with van der Waals surface area (Å²) in [5, 5.41) is 13.1. The second-order valence-corrected chi connectivity index (χ2v) is 5.47. The lowest BCUT2D eigenvalue weighted by Gasteiger charge is -2.38. The maximum absolute atomic E-state index is 9.74. The minimum atomic E-state index is -0.281. The van der Waals surface area contributed by atoms with Gasteiger partial charge in [-0.2, -0.15) is 0 Å². The van der Waals surface area contributed by atoms with Crippen molar-refractivity contribution in [1.29, 1.82) is 0 Å². The number of piperazine rings is 1. The standard InChI is InChI=1S/C12H28N4O/c1-14(2)10-12(17)8-13-7-11-9-15(3)5-6-16(11)4/h11-13,17H,5-10H2,1-4H3. The average molecular weight is 244 g/mol. The van der Waals surface area contributed by atoms with Gasteiger partial charge in [0.25, 0.3) is 0 Å². The molecule has 1 heterocycles. The predicted molar refractivity (Wildman–Crippen MR) is 71.3 cm³/mol. The zero-order valence-corrected chi connectivity index (χ0v) is 11.7. The van der Waals surface area contributed by atoms with Gasteiger partial charge in [-0.15, -0.1) is 0 Å². The molecule has 0 aromatic heterocycles. The number of aliphatic hydroxyl groups is 1. The van der Waals surface area contributed by atoms with Crippen molar-refractivity contribution < 1.29 is 5.11 Å². The fraction of sp³-hybridized carbons (Fsp3) is 1.00. The molecule has 1 aliphatic heterocycles. The molecule has 2 N–H and O–H groups in total. The van der Waals surface area contributed by atoms with E-state index in [4.69, 9.17) is 0 Å². The summed E-state index contributed by atoms with van der Waals surface area (Å²) < 4.78 is 0. The van der Waals surface area contributed by atoms with Gasteiger partial charge in [-0.1, -0.05) is 0 Å². The minimum absolute atomic E-state index is 0.281. The molecule has 0 saturated carbocycles. The van der Waals surface area contributed by atoms with Crippen LogP contribution >= 0.6 is 0 Å². The number of hydrogen-bond donors (Lipinski definition) is 2. The average Bonchev–Trinajstić information content (AvgIpc) is 2.22. The van der Waals surface area contributed by atoms with Gasteiger partial charge in [-0.05, 0) is 28.2 Å². The van der Waals surface area contributed by atoms with Gasteiger partial charge in [0.2, 0.25) is 0 Å². The van der Waals surface area contributed by atoms with Crippen molar-refractivity contribution in [3.05, 3.63) is 0 Å². The third kappa shape index (κ3) is 5.79. The Hall–Kier alpha value is -0.200. The van der Waals surface area contributed by atoms with Crippen molar-refractivity contribution in [2.75, 3.05) is 67.5 Å². The van der Waals surface area contributed by atoms with Crippen LogP contribution in [-0.4, -0.2) is 99.4 Å². The summed E-state index contributed by atoms with van der Waals surface area (Å²) >= 11 is 0. The third-order valence-corrected chi connectivity index (χ3v) is 3.32. The van der Waals surface area contributed by atoms with Crippen molar-refractivity contribution in [2.45, 2.75) is 12.1 Å². The van der Waals surface area contributed by atoms with Gasteiger partial charge in [-0.3, -0.25) is 4.90 Å². The molecule has 5 heteroatoms. The van der Waals surface area contributed by atoms with Gasteiger partial charge >= 0.3 is 0 Å². The number of likely N-dealkylation sites (N-methyl/N-ethyl adjacent to an activating group) is 3. The summed E-state index contributed by atoms with van der Waals surface area (Å²) in [5.41, 5.74) is 0. The van der Waals surface area contributed by atoms with E-state index in [-0.39, 0.29) is 6.10 Å². The van der Waals surface area contributed by atoms with Gasteiger partial charge in [0.05, 0.1) is 6.10 Å². The van der Waals surface area contributed by atoms with Crippen molar-refractivity contribution in [3.8, 4) is 0 Å². The van der Waals surface area contributed by atoms with Crippen molar-refractivity contribution >= 4 is 0 Å². The number of nitrogens with zero attached hydrogens (tertiary/aromatic N) is 3. The Morgan fingerprint density at radius 1 is 1.35 bits per heavy atom. The summed E-state index contributed by atoms with van der Waals surface area (Å²) in [6.45, 7) is 5.72. The zero-order chi connectivity index (χ0) is 12.8. The number of hydrogen-bond acceptors (Lipinski definition) is 5. The highest BCUT2D eigenvalue weighted by Gasteiger charge is 2.21. The molecule has 0 radical (unpaired) electrons. The normalized spacial score (nSPS) is 25.4. The third-order valence-electron chi connectivity index (χ3n) is 3.32. The molecular formula is C12H28N4O. The van der Waals surface area contributed by atoms with E-state index >= 15 is 0 Å². The Balaban J connectivity index is 2.16. The van der Waals surface area contributed by atoms with Crippen LogP contribution in [0, 0.1) is 0 Å². The van der Waals surface area contributed by atoms with Gasteiger partial charge in [0.1, 0.15) is 0 Å². The lowest BCUT2D eigenvalue weighted by atomic mass is 10.2. The highest BCUT2D eigenvalue weighted by atomic mass is 16.3. The Morgan fingerprint density at radius 3 is 2.71 bits per heavy atom. The largest absolute Gasteiger partial charge is 0.390 e. The first-order chi connectivity index (χ1) is 7.99. The van der Waals surface area contributed by atoms with E-state index in [2.05, 4.69) is 29.2 Å². The maximum Gasteiger partial charge on any atom is 0.0791 e. The van der Waals surface area contributed by atoms with Gasteiger partial charge in [0, 0.05) is 45.3 Å². The molecule has 0 aliphatic carbocycles. The molecule has 0 spiro atoms. The zero-order valence-electron chi connectivity index (χ0n) is 11.7. The first-order valence-corrected chi connectivity index (χ1v) is 6.41. The smallest absolute Gasteiger partial charge is 0.0791 e. The maximum atomic E-state index is 9.74. The number of rotatable bonds is 6. The number of nitrogens with one attached hydrogen (secondary N) is 1. The Morgan fingerprint density at radius 2 is 2.06 bits per heavy atom. The molecule has 1 fully saturated rings. The van der Waals surface area contributed by atoms with Crippen LogP contribution in [0.3, 0.4) is 0 Å². The van der Waals surface area contributed by atoms with E-state index < -0.39 is 0 Å². The van der Waals surface area contributed by atoms with E-state index in [0.717, 1.165) is 26.2 Å². The van der Waals surface area contributed by atoms with E-state index in [0.29, 0.717) is 19.1 Å². The van der Waals surface area contributed by atoms with Crippen LogP contribution in [0.5, 0.6) is 0 Å². The Bertz CT molecular complexity index is 213. The first-order valence-electron chi connectivity index (χ1n) is 6.41. The molecule has 1 aliphatic rings. The summed E-state index contributed by atoms with van der Waals surface area (Å²) in [4.78, 5) is 6.76. The van der Waals surface area contributed by atoms with Gasteiger partial charge in [0.15, 0.2) is 0 Å². The summed E-state index contributed by atoms with van der Waals surface area (Å²) in [6, 6.07) is 0.556. The molecule has 2 unspecified atom stereocenters. The second-order valence-electron chi connectivity index (χ2n) is 5.47. The van der Waals surface area contributed by atoms with Crippen LogP contribution in [0.2, 0.25) is 0 Å². The van der Waals surface area contributed by atoms with E-state index in [1.54, 1.807) is 0 Å². The van der Waals surface area contributed by atoms with E-state index in [9.17, 15) is 5.11 Å². The van der Waals surface area contributed by atoms with Crippen LogP contribution in [0.25, 0.3) is 0 Å². The lowest BCUT2D eigenvalue weighted by molar-refractivity contribution is 0.102. The van der Waals surface area contributed by atoms with Gasteiger partial charge < -0.3 is 20.2 Å². The molecule has 0 amide bonds. The highest BCUT2D eigenvalue weighted by molar-refractivity contribution is 4.80. The van der Waals surface area contributed by atoms with Crippen LogP contribution in [0.1, 0.15) is 0 Å². The fourth-order valence-corrected chi connectivity index (χ4v) is 2.22. The molecule has 0 aromatic carbocycles. The molecule has 2 atom stereocenters. The van der Waals surface area contributed by atoms with Crippen molar-refractivity contribution in [1.82, 2.24) is 20.0 Å². The molecule has 0 bridgehead atoms. The van der Waals surface area contributed by atoms with Crippen LogP contribution in [-0.2, 0) is 0 Å². The molecule has 1 rings (SSSR count). The molecular weight excluding hydrogens is 216 g/mol. The van der Waals surface area contributed by atoms with E-state index in [1.165, 1.54) is 0 Å². The predicted octanol–water partition coefficient (Wildman–Crippen LogP) is -1.26. The molecule has 5 nitrogen and oxygen atoms in total. The van der Waals surface area contributed by atoms with Gasteiger partial charge in [-0.25, -0.2) is 0 Å². The van der Waals surface area contributed by atoms with E-state index in [1.807, 2.05) is 19.0 Å². The first kappa shape index (κ1) is 14.9. The SMILES string of the molecule is CN(C)CC(O)CNCC1CN(C)CCN1C. The van der Waals surface area contributed by atoms with Crippen molar-refractivity contribution in [2.24, 2.45) is 0 Å². The summed E-state index contributed by atoms with van der Waals surface area (Å²) in [5.74, 6) is 0. The quantitative estimate of drug-likeness (QED) is 0.611. The fourth-order valence-electron chi connectivity index (χ4n) is 2.22.